The number of nitrogens with zero attached hydrogens (tertiary/aromatic N) is 1. The number of para-hydroxylation sites is 2. The van der Waals surface area contributed by atoms with Crippen molar-refractivity contribution in [3.8, 4) is 5.75 Å². The molecule has 1 amide bonds. The van der Waals surface area contributed by atoms with Crippen molar-refractivity contribution in [3.05, 3.63) is 83.9 Å². The van der Waals surface area contributed by atoms with Crippen LogP contribution in [-0.2, 0) is 10.0 Å². The second kappa shape index (κ2) is 9.66. The quantitative estimate of drug-likeness (QED) is 0.545. The summed E-state index contributed by atoms with van der Waals surface area (Å²) < 4.78 is 33.1. The first-order valence-corrected chi connectivity index (χ1v) is 11.5. The van der Waals surface area contributed by atoms with Gasteiger partial charge in [0.05, 0.1) is 22.9 Å². The van der Waals surface area contributed by atoms with Crippen LogP contribution in [0, 0.1) is 6.92 Å². The molecule has 0 saturated carbocycles. The highest BCUT2D eigenvalue weighted by Gasteiger charge is 2.22. The van der Waals surface area contributed by atoms with Crippen molar-refractivity contribution >= 4 is 27.3 Å². The van der Waals surface area contributed by atoms with Crippen LogP contribution < -0.4 is 14.4 Å². The first-order chi connectivity index (χ1) is 14.8. The highest BCUT2D eigenvalue weighted by Crippen LogP contribution is 2.26. The molecule has 0 heterocycles. The first-order valence-electron chi connectivity index (χ1n) is 10.0. The van der Waals surface area contributed by atoms with E-state index < -0.39 is 15.9 Å². The zero-order valence-corrected chi connectivity index (χ0v) is 18.6. The number of carbonyl (C=O) groups is 1. The minimum atomic E-state index is -3.83. The Kier molecular flexibility index (Phi) is 6.97. The topological polar surface area (TPSA) is 75.7 Å². The van der Waals surface area contributed by atoms with Crippen LogP contribution in [0.15, 0.2) is 77.7 Å². The van der Waals surface area contributed by atoms with E-state index >= 15 is 0 Å². The van der Waals surface area contributed by atoms with Crippen LogP contribution in [0.3, 0.4) is 0 Å². The van der Waals surface area contributed by atoms with Crippen molar-refractivity contribution < 1.29 is 17.9 Å². The molecule has 3 aromatic rings. The average molecular weight is 439 g/mol. The molecule has 31 heavy (non-hydrogen) atoms. The summed E-state index contributed by atoms with van der Waals surface area (Å²) in [5, 5.41) is 2.81. The van der Waals surface area contributed by atoms with E-state index in [1.54, 1.807) is 42.5 Å². The van der Waals surface area contributed by atoms with Crippen molar-refractivity contribution in [2.24, 2.45) is 0 Å². The molecule has 0 atom stereocenters. The zero-order valence-electron chi connectivity index (χ0n) is 17.8. The Morgan fingerprint density at radius 2 is 1.71 bits per heavy atom. The number of sulfonamides is 1. The molecular weight excluding hydrogens is 412 g/mol. The average Bonchev–Trinajstić information content (AvgIpc) is 2.78. The van der Waals surface area contributed by atoms with E-state index in [-0.39, 0.29) is 10.5 Å². The number of aryl methyl sites for hydroxylation is 1. The molecule has 0 radical (unpaired) electrons. The van der Waals surface area contributed by atoms with Gasteiger partial charge in [0.1, 0.15) is 5.75 Å². The van der Waals surface area contributed by atoms with Crippen LogP contribution in [-0.4, -0.2) is 28.0 Å². The third-order valence-electron chi connectivity index (χ3n) is 4.75. The number of rotatable bonds is 8. The summed E-state index contributed by atoms with van der Waals surface area (Å²) in [7, 11) is -2.33. The largest absolute Gasteiger partial charge is 0.491 e. The van der Waals surface area contributed by atoms with Crippen molar-refractivity contribution in [2.45, 2.75) is 25.2 Å². The van der Waals surface area contributed by atoms with E-state index in [4.69, 9.17) is 4.74 Å². The molecule has 7 heteroatoms. The van der Waals surface area contributed by atoms with E-state index in [1.807, 2.05) is 32.0 Å². The Balaban J connectivity index is 1.84. The summed E-state index contributed by atoms with van der Waals surface area (Å²) in [6, 6.07) is 20.3. The summed E-state index contributed by atoms with van der Waals surface area (Å²) in [4.78, 5) is 12.9. The van der Waals surface area contributed by atoms with E-state index in [1.165, 1.54) is 23.5 Å². The Hall–Kier alpha value is -3.32. The van der Waals surface area contributed by atoms with E-state index in [0.717, 1.165) is 12.0 Å². The Morgan fingerprint density at radius 3 is 2.42 bits per heavy atom. The van der Waals surface area contributed by atoms with Gasteiger partial charge in [-0.2, -0.15) is 0 Å². The lowest BCUT2D eigenvalue weighted by molar-refractivity contribution is 0.102. The molecule has 3 rings (SSSR count). The van der Waals surface area contributed by atoms with E-state index in [2.05, 4.69) is 5.32 Å². The van der Waals surface area contributed by atoms with Crippen LogP contribution in [0.1, 0.15) is 29.3 Å². The molecule has 0 fully saturated rings. The molecule has 6 nitrogen and oxygen atoms in total. The Bertz CT molecular complexity index is 1160. The van der Waals surface area contributed by atoms with Crippen molar-refractivity contribution in [3.63, 3.8) is 0 Å². The number of hydrogen-bond donors (Lipinski definition) is 1. The molecule has 0 bridgehead atoms. The van der Waals surface area contributed by atoms with E-state index in [0.29, 0.717) is 23.7 Å². The smallest absolute Gasteiger partial charge is 0.264 e. The van der Waals surface area contributed by atoms with Crippen molar-refractivity contribution in [1.29, 1.82) is 0 Å². The van der Waals surface area contributed by atoms with Gasteiger partial charge < -0.3 is 10.1 Å². The fourth-order valence-electron chi connectivity index (χ4n) is 2.95. The second-order valence-electron chi connectivity index (χ2n) is 7.13. The fraction of sp³-hybridized carbons (Fsp3) is 0.208. The second-order valence-corrected chi connectivity index (χ2v) is 9.10. The number of ether oxygens (including phenoxy) is 1. The number of carbonyl (C=O) groups excluding carboxylic acids is 1. The molecule has 3 aromatic carbocycles. The third-order valence-corrected chi connectivity index (χ3v) is 6.53. The summed E-state index contributed by atoms with van der Waals surface area (Å²) >= 11 is 0. The number of hydrogen-bond acceptors (Lipinski definition) is 4. The predicted octanol–water partition coefficient (Wildman–Crippen LogP) is 4.86. The summed E-state index contributed by atoms with van der Waals surface area (Å²) in [6.45, 7) is 4.47. The van der Waals surface area contributed by atoms with E-state index in [9.17, 15) is 13.2 Å². The Morgan fingerprint density at radius 1 is 1.00 bits per heavy atom. The van der Waals surface area contributed by atoms with Gasteiger partial charge in [0.15, 0.2) is 0 Å². The lowest BCUT2D eigenvalue weighted by atomic mass is 10.2. The minimum Gasteiger partial charge on any atom is -0.491 e. The van der Waals surface area contributed by atoms with Gasteiger partial charge in [-0.05, 0) is 55.8 Å². The highest BCUT2D eigenvalue weighted by atomic mass is 32.2. The standard InChI is InChI=1S/C24H26N2O4S/c1-4-16-30-23-11-6-5-10-22(23)25-24(27)19-8-7-9-21(17-19)31(28,29)26(3)20-14-12-18(2)13-15-20/h5-15,17H,4,16H2,1-3H3,(H,25,27). The molecular formula is C24H26N2O4S. The van der Waals surface area contributed by atoms with Gasteiger partial charge in [0, 0.05) is 12.6 Å². The van der Waals surface area contributed by atoms with Gasteiger partial charge in [0.2, 0.25) is 0 Å². The highest BCUT2D eigenvalue weighted by molar-refractivity contribution is 7.92. The van der Waals surface area contributed by atoms with Gasteiger partial charge in [-0.15, -0.1) is 0 Å². The van der Waals surface area contributed by atoms with Crippen LogP contribution in [0.5, 0.6) is 5.75 Å². The molecule has 0 aliphatic heterocycles. The van der Waals surface area contributed by atoms with Crippen molar-refractivity contribution in [2.75, 3.05) is 23.3 Å². The lowest BCUT2D eigenvalue weighted by Crippen LogP contribution is -2.26. The maximum atomic E-state index is 13.1. The lowest BCUT2D eigenvalue weighted by Gasteiger charge is -2.20. The minimum absolute atomic E-state index is 0.0405. The molecule has 0 aliphatic rings. The maximum absolute atomic E-state index is 13.1. The van der Waals surface area contributed by atoms with Gasteiger partial charge in [-0.3, -0.25) is 9.10 Å². The number of benzene rings is 3. The van der Waals surface area contributed by atoms with Gasteiger partial charge in [-0.1, -0.05) is 42.8 Å². The molecule has 0 aliphatic carbocycles. The van der Waals surface area contributed by atoms with Gasteiger partial charge in [0.25, 0.3) is 15.9 Å². The van der Waals surface area contributed by atoms with Crippen molar-refractivity contribution in [1.82, 2.24) is 0 Å². The summed E-state index contributed by atoms with van der Waals surface area (Å²) in [5.41, 5.74) is 2.36. The summed E-state index contributed by atoms with van der Waals surface area (Å²) in [6.07, 6.45) is 0.844. The number of amides is 1. The monoisotopic (exact) mass is 438 g/mol. The normalized spacial score (nSPS) is 11.1. The maximum Gasteiger partial charge on any atom is 0.264 e. The van der Waals surface area contributed by atoms with Crippen LogP contribution in [0.2, 0.25) is 0 Å². The number of anilines is 2. The van der Waals surface area contributed by atoms with Crippen LogP contribution in [0.25, 0.3) is 0 Å². The fourth-order valence-corrected chi connectivity index (χ4v) is 4.19. The SMILES string of the molecule is CCCOc1ccccc1NC(=O)c1cccc(S(=O)(=O)N(C)c2ccc(C)cc2)c1. The first kappa shape index (κ1) is 22.4. The molecule has 0 saturated heterocycles. The predicted molar refractivity (Wildman–Crippen MR) is 123 cm³/mol. The molecule has 1 N–H and O–H groups in total. The third kappa shape index (κ3) is 5.24. The van der Waals surface area contributed by atoms with Crippen LogP contribution in [0.4, 0.5) is 11.4 Å². The van der Waals surface area contributed by atoms with Gasteiger partial charge in [-0.25, -0.2) is 8.42 Å². The molecule has 162 valence electrons. The summed E-state index contributed by atoms with van der Waals surface area (Å²) in [5.74, 6) is 0.156. The molecule has 0 aromatic heterocycles. The van der Waals surface area contributed by atoms with Gasteiger partial charge >= 0.3 is 0 Å². The van der Waals surface area contributed by atoms with Crippen LogP contribution >= 0.6 is 0 Å². The molecule has 0 spiro atoms. The zero-order chi connectivity index (χ0) is 22.4. The Labute approximate surface area is 183 Å². The molecule has 0 unspecified atom stereocenters. The number of nitrogens with one attached hydrogen (secondary N) is 1.